The van der Waals surface area contributed by atoms with E-state index in [-0.39, 0.29) is 27.7 Å². The maximum absolute atomic E-state index is 13.6. The van der Waals surface area contributed by atoms with Gasteiger partial charge in [0.2, 0.25) is 0 Å². The van der Waals surface area contributed by atoms with Gasteiger partial charge in [-0.1, -0.05) is 23.7 Å². The summed E-state index contributed by atoms with van der Waals surface area (Å²) >= 11 is 6.13. The Labute approximate surface area is 127 Å². The Morgan fingerprint density at radius 3 is 2.43 bits per heavy atom. The molecule has 5 heteroatoms. The Morgan fingerprint density at radius 2 is 1.86 bits per heavy atom. The van der Waals surface area contributed by atoms with Crippen molar-refractivity contribution < 1.29 is 18.7 Å². The summed E-state index contributed by atoms with van der Waals surface area (Å²) in [5.41, 5.74) is 0.968. The second kappa shape index (κ2) is 6.14. The summed E-state index contributed by atoms with van der Waals surface area (Å²) in [7, 11) is 2.88. The zero-order chi connectivity index (χ0) is 15.6. The normalized spacial score (nSPS) is 10.3. The van der Waals surface area contributed by atoms with E-state index < -0.39 is 5.82 Å². The molecule has 0 aliphatic heterocycles. The highest BCUT2D eigenvalue weighted by molar-refractivity contribution is 6.34. The van der Waals surface area contributed by atoms with Crippen LogP contribution in [0.5, 0.6) is 11.5 Å². The van der Waals surface area contributed by atoms with Crippen LogP contribution in [0.15, 0.2) is 30.3 Å². The molecule has 0 radical (unpaired) electrons. The monoisotopic (exact) mass is 308 g/mol. The van der Waals surface area contributed by atoms with Crippen LogP contribution in [0.3, 0.4) is 0 Å². The van der Waals surface area contributed by atoms with Crippen molar-refractivity contribution in [1.29, 1.82) is 0 Å². The second-order valence-electron chi connectivity index (χ2n) is 4.46. The topological polar surface area (TPSA) is 35.5 Å². The summed E-state index contributed by atoms with van der Waals surface area (Å²) in [4.78, 5) is 12.5. The van der Waals surface area contributed by atoms with E-state index in [1.165, 1.54) is 20.3 Å². The molecule has 110 valence electrons. The summed E-state index contributed by atoms with van der Waals surface area (Å²) in [6.45, 7) is 1.63. The van der Waals surface area contributed by atoms with Gasteiger partial charge >= 0.3 is 0 Å². The minimum Gasteiger partial charge on any atom is -0.495 e. The van der Waals surface area contributed by atoms with Crippen molar-refractivity contribution >= 4 is 17.4 Å². The number of benzene rings is 2. The quantitative estimate of drug-likeness (QED) is 0.800. The van der Waals surface area contributed by atoms with Gasteiger partial charge in [-0.15, -0.1) is 0 Å². The van der Waals surface area contributed by atoms with Gasteiger partial charge in [0.25, 0.3) is 0 Å². The van der Waals surface area contributed by atoms with Crippen LogP contribution < -0.4 is 9.47 Å². The third-order valence-corrected chi connectivity index (χ3v) is 3.52. The standard InChI is InChI=1S/C16H14ClFO3/c1-9-4-5-10(8-12(9)18)15(19)11-6-7-13(20-2)14(17)16(11)21-3/h4-8H,1-3H3. The molecule has 3 nitrogen and oxygen atoms in total. The van der Waals surface area contributed by atoms with Crippen molar-refractivity contribution in [2.24, 2.45) is 0 Å². The molecule has 0 N–H and O–H groups in total. The van der Waals surface area contributed by atoms with Crippen LogP contribution in [-0.2, 0) is 0 Å². The zero-order valence-corrected chi connectivity index (χ0v) is 12.6. The smallest absolute Gasteiger partial charge is 0.196 e. The van der Waals surface area contributed by atoms with Crippen LogP contribution in [0.4, 0.5) is 4.39 Å². The Hall–Kier alpha value is -2.07. The molecule has 0 heterocycles. The van der Waals surface area contributed by atoms with E-state index in [1.807, 2.05) is 0 Å². The lowest BCUT2D eigenvalue weighted by Crippen LogP contribution is -2.06. The summed E-state index contributed by atoms with van der Waals surface area (Å²) in [6, 6.07) is 7.44. The van der Waals surface area contributed by atoms with E-state index in [0.29, 0.717) is 11.3 Å². The number of rotatable bonds is 4. The molecule has 0 amide bonds. The van der Waals surface area contributed by atoms with Gasteiger partial charge in [-0.05, 0) is 30.7 Å². The molecule has 2 rings (SSSR count). The molecule has 0 aromatic heterocycles. The highest BCUT2D eigenvalue weighted by Crippen LogP contribution is 2.37. The van der Waals surface area contributed by atoms with Crippen LogP contribution in [-0.4, -0.2) is 20.0 Å². The Kier molecular flexibility index (Phi) is 4.48. The molecule has 21 heavy (non-hydrogen) atoms. The number of carbonyl (C=O) groups excluding carboxylic acids is 1. The minimum absolute atomic E-state index is 0.207. The lowest BCUT2D eigenvalue weighted by Gasteiger charge is -2.12. The largest absolute Gasteiger partial charge is 0.495 e. The van der Waals surface area contributed by atoms with Gasteiger partial charge < -0.3 is 9.47 Å². The van der Waals surface area contributed by atoms with Crippen LogP contribution in [0, 0.1) is 12.7 Å². The number of ketones is 1. The second-order valence-corrected chi connectivity index (χ2v) is 4.83. The first-order valence-electron chi connectivity index (χ1n) is 6.21. The molecule has 2 aromatic rings. The van der Waals surface area contributed by atoms with Crippen LogP contribution in [0.1, 0.15) is 21.5 Å². The van der Waals surface area contributed by atoms with Crippen LogP contribution >= 0.6 is 11.6 Å². The molecule has 0 aliphatic rings. The van der Waals surface area contributed by atoms with Crippen LogP contribution in [0.25, 0.3) is 0 Å². The fraction of sp³-hybridized carbons (Fsp3) is 0.188. The van der Waals surface area contributed by atoms with Crippen molar-refractivity contribution in [3.63, 3.8) is 0 Å². The van der Waals surface area contributed by atoms with Gasteiger partial charge in [0.1, 0.15) is 16.6 Å². The van der Waals surface area contributed by atoms with Gasteiger partial charge in [0.05, 0.1) is 19.8 Å². The molecule has 0 saturated carbocycles. The lowest BCUT2D eigenvalue weighted by atomic mass is 10.0. The van der Waals surface area contributed by atoms with Crippen molar-refractivity contribution in [3.8, 4) is 11.5 Å². The number of aryl methyl sites for hydroxylation is 1. The summed E-state index contributed by atoms with van der Waals surface area (Å²) in [5.74, 6) is -0.183. The van der Waals surface area contributed by atoms with Crippen molar-refractivity contribution in [3.05, 3.63) is 57.9 Å². The average Bonchev–Trinajstić information content (AvgIpc) is 2.49. The van der Waals surface area contributed by atoms with E-state index in [1.54, 1.807) is 31.2 Å². The molecule has 0 atom stereocenters. The Balaban J connectivity index is 2.52. The molecule has 2 aromatic carbocycles. The number of halogens is 2. The van der Waals surface area contributed by atoms with Gasteiger partial charge in [0.15, 0.2) is 11.5 Å². The predicted molar refractivity (Wildman–Crippen MR) is 79.1 cm³/mol. The lowest BCUT2D eigenvalue weighted by molar-refractivity contribution is 0.103. The fourth-order valence-corrected chi connectivity index (χ4v) is 2.28. The number of hydrogen-bond donors (Lipinski definition) is 0. The summed E-state index contributed by atoms with van der Waals surface area (Å²) in [5, 5.41) is 0.207. The maximum atomic E-state index is 13.6. The number of methoxy groups -OCH3 is 2. The molecule has 0 fully saturated rings. The van der Waals surface area contributed by atoms with Crippen molar-refractivity contribution in [1.82, 2.24) is 0 Å². The third kappa shape index (κ3) is 2.85. The van der Waals surface area contributed by atoms with Gasteiger partial charge in [-0.3, -0.25) is 4.79 Å². The summed E-state index contributed by atoms with van der Waals surface area (Å²) in [6.07, 6.45) is 0. The van der Waals surface area contributed by atoms with Gasteiger partial charge in [-0.25, -0.2) is 4.39 Å². The van der Waals surface area contributed by atoms with E-state index in [4.69, 9.17) is 21.1 Å². The predicted octanol–water partition coefficient (Wildman–Crippen LogP) is 4.04. The molecule has 0 saturated heterocycles. The first-order chi connectivity index (χ1) is 9.99. The van der Waals surface area contributed by atoms with Gasteiger partial charge in [0, 0.05) is 5.56 Å². The highest BCUT2D eigenvalue weighted by atomic mass is 35.5. The first-order valence-corrected chi connectivity index (χ1v) is 6.58. The average molecular weight is 309 g/mol. The van der Waals surface area contributed by atoms with Crippen LogP contribution in [0.2, 0.25) is 5.02 Å². The summed E-state index contributed by atoms with van der Waals surface area (Å²) < 4.78 is 23.9. The SMILES string of the molecule is COc1ccc(C(=O)c2ccc(C)c(F)c2)c(OC)c1Cl. The zero-order valence-electron chi connectivity index (χ0n) is 11.9. The molecular weight excluding hydrogens is 295 g/mol. The Morgan fingerprint density at radius 1 is 1.14 bits per heavy atom. The van der Waals surface area contributed by atoms with Gasteiger partial charge in [-0.2, -0.15) is 0 Å². The fourth-order valence-electron chi connectivity index (χ4n) is 1.96. The molecule has 0 aliphatic carbocycles. The van der Waals surface area contributed by atoms with E-state index in [2.05, 4.69) is 0 Å². The Bertz CT molecular complexity index is 698. The van der Waals surface area contributed by atoms with E-state index in [9.17, 15) is 9.18 Å². The number of carbonyl (C=O) groups is 1. The molecule has 0 bridgehead atoms. The first kappa shape index (κ1) is 15.3. The molecular formula is C16H14ClFO3. The van der Waals surface area contributed by atoms with E-state index in [0.717, 1.165) is 0 Å². The molecule has 0 spiro atoms. The maximum Gasteiger partial charge on any atom is 0.196 e. The third-order valence-electron chi connectivity index (χ3n) is 3.16. The van der Waals surface area contributed by atoms with E-state index >= 15 is 0 Å². The van der Waals surface area contributed by atoms with Crippen molar-refractivity contribution in [2.75, 3.05) is 14.2 Å². The van der Waals surface area contributed by atoms with Crippen molar-refractivity contribution in [2.45, 2.75) is 6.92 Å². The highest BCUT2D eigenvalue weighted by Gasteiger charge is 2.20. The number of hydrogen-bond acceptors (Lipinski definition) is 3. The minimum atomic E-state index is -0.431. The number of ether oxygens (including phenoxy) is 2. The molecule has 0 unspecified atom stereocenters.